The number of hydrogen-bond donors (Lipinski definition) is 0. The van der Waals surface area contributed by atoms with E-state index in [-0.39, 0.29) is 24.3 Å². The number of halogens is 3. The Morgan fingerprint density at radius 1 is 1.12 bits per heavy atom. The summed E-state index contributed by atoms with van der Waals surface area (Å²) < 4.78 is 12.3. The van der Waals surface area contributed by atoms with Crippen LogP contribution in [0.15, 0.2) is 63.5 Å². The van der Waals surface area contributed by atoms with Crippen molar-refractivity contribution in [1.29, 1.82) is 0 Å². The van der Waals surface area contributed by atoms with Gasteiger partial charge in [-0.05, 0) is 42.3 Å². The lowest BCUT2D eigenvalue weighted by Crippen LogP contribution is -2.40. The molecular weight excluding hydrogens is 519 g/mol. The molecule has 0 amide bonds. The number of nitrogens with zero attached hydrogens (tertiary/aromatic N) is 2. The van der Waals surface area contributed by atoms with Crippen LogP contribution in [0.4, 0.5) is 0 Å². The molecule has 0 spiro atoms. The van der Waals surface area contributed by atoms with Crippen LogP contribution in [0.25, 0.3) is 6.08 Å². The molecule has 0 saturated carbocycles. The first-order valence-electron chi connectivity index (χ1n) is 10.2. The van der Waals surface area contributed by atoms with Gasteiger partial charge in [-0.1, -0.05) is 70.4 Å². The number of ether oxygens (including phenoxy) is 2. The predicted molar refractivity (Wildman–Crippen MR) is 135 cm³/mol. The Labute approximate surface area is 214 Å². The van der Waals surface area contributed by atoms with Crippen LogP contribution in [-0.4, -0.2) is 30.9 Å². The van der Waals surface area contributed by atoms with Crippen molar-refractivity contribution in [3.05, 3.63) is 99.6 Å². The summed E-state index contributed by atoms with van der Waals surface area (Å²) in [5, 5.41) is 1.23. The number of allylic oxidation sites excluding steroid dienone is 1. The van der Waals surface area contributed by atoms with Crippen LogP contribution in [0, 0.1) is 0 Å². The molecule has 0 N–H and O–H groups in total. The quantitative estimate of drug-likeness (QED) is 0.346. The second kappa shape index (κ2) is 10.5. The monoisotopic (exact) mass is 536 g/mol. The average Bonchev–Trinajstić information content (AvgIpc) is 3.10. The number of carbonyl (C=O) groups excluding carboxylic acids is 1. The van der Waals surface area contributed by atoms with Crippen molar-refractivity contribution in [3.8, 4) is 0 Å². The van der Waals surface area contributed by atoms with Crippen molar-refractivity contribution < 1.29 is 14.3 Å². The van der Waals surface area contributed by atoms with Crippen LogP contribution in [0.5, 0.6) is 0 Å². The van der Waals surface area contributed by atoms with Gasteiger partial charge in [-0.15, -0.1) is 0 Å². The molecule has 4 rings (SSSR count). The number of hydrogen-bond acceptors (Lipinski definition) is 6. The first-order chi connectivity index (χ1) is 16.3. The van der Waals surface area contributed by atoms with Gasteiger partial charge in [0.25, 0.3) is 5.56 Å². The molecule has 2 aromatic carbocycles. The van der Waals surface area contributed by atoms with Gasteiger partial charge in [-0.25, -0.2) is 9.79 Å². The Kier molecular flexibility index (Phi) is 7.60. The number of thiazole rings is 1. The van der Waals surface area contributed by atoms with Gasteiger partial charge in [0, 0.05) is 12.1 Å². The highest BCUT2D eigenvalue weighted by Crippen LogP contribution is 2.34. The number of methoxy groups -OCH3 is 1. The standard InChI is InChI=1S/C24H19Cl3N2O4S/c1-13-20(23(31)33-10-9-32-2)21(15-5-3-4-6-16(15)25)29-22(30)19(34-24(29)28-13)12-14-7-8-17(26)18(27)11-14/h3-8,11-12,21H,9-10H2,1-2H3/b19-12-. The first kappa shape index (κ1) is 24.7. The Morgan fingerprint density at radius 3 is 2.59 bits per heavy atom. The predicted octanol–water partition coefficient (Wildman–Crippen LogP) is 4.39. The van der Waals surface area contributed by atoms with Gasteiger partial charge in [0.2, 0.25) is 0 Å². The molecule has 1 aliphatic heterocycles. The maximum atomic E-state index is 13.6. The SMILES string of the molecule is COCCOC(=O)C1=C(C)N=c2s/c(=C\c3ccc(Cl)c(Cl)c3)c(=O)n2C1c1ccccc1Cl. The Balaban J connectivity index is 1.91. The van der Waals surface area contributed by atoms with Crippen LogP contribution < -0.4 is 14.9 Å². The van der Waals surface area contributed by atoms with Crippen LogP contribution in [-0.2, 0) is 14.3 Å². The molecule has 6 nitrogen and oxygen atoms in total. The molecule has 176 valence electrons. The second-order valence-corrected chi connectivity index (χ2v) is 9.64. The van der Waals surface area contributed by atoms with Gasteiger partial charge in [-0.3, -0.25) is 9.36 Å². The molecular formula is C24H19Cl3N2O4S. The van der Waals surface area contributed by atoms with E-state index in [1.807, 2.05) is 0 Å². The summed E-state index contributed by atoms with van der Waals surface area (Å²) in [5.74, 6) is -0.581. The molecule has 0 saturated heterocycles. The molecule has 3 aromatic rings. The van der Waals surface area contributed by atoms with Crippen LogP contribution in [0.2, 0.25) is 15.1 Å². The molecule has 2 heterocycles. The minimum absolute atomic E-state index is 0.0725. The van der Waals surface area contributed by atoms with Crippen molar-refractivity contribution in [1.82, 2.24) is 4.57 Å². The third kappa shape index (κ3) is 4.85. The van der Waals surface area contributed by atoms with Gasteiger partial charge >= 0.3 is 5.97 Å². The Bertz CT molecular complexity index is 1480. The molecule has 1 aliphatic rings. The fourth-order valence-corrected chi connectivity index (χ4v) is 5.21. The molecule has 1 unspecified atom stereocenters. The van der Waals surface area contributed by atoms with Gasteiger partial charge in [0.1, 0.15) is 12.6 Å². The number of esters is 1. The van der Waals surface area contributed by atoms with Gasteiger partial charge in [-0.2, -0.15) is 0 Å². The van der Waals surface area contributed by atoms with E-state index in [0.29, 0.717) is 41.2 Å². The van der Waals surface area contributed by atoms with Crippen molar-refractivity contribution in [2.75, 3.05) is 20.3 Å². The molecule has 1 aromatic heterocycles. The summed E-state index contributed by atoms with van der Waals surface area (Å²) in [6.07, 6.45) is 1.71. The van der Waals surface area contributed by atoms with E-state index in [1.54, 1.807) is 55.5 Å². The highest BCUT2D eigenvalue weighted by Gasteiger charge is 2.34. The molecule has 0 bridgehead atoms. The van der Waals surface area contributed by atoms with Crippen LogP contribution in [0.1, 0.15) is 24.1 Å². The van der Waals surface area contributed by atoms with Crippen LogP contribution in [0.3, 0.4) is 0 Å². The van der Waals surface area contributed by atoms with E-state index < -0.39 is 12.0 Å². The Hall–Kier alpha value is -2.42. The Morgan fingerprint density at radius 2 is 1.88 bits per heavy atom. The number of carbonyl (C=O) groups is 1. The zero-order valence-electron chi connectivity index (χ0n) is 18.2. The highest BCUT2D eigenvalue weighted by atomic mass is 35.5. The third-order valence-corrected chi connectivity index (χ3v) is 7.27. The maximum absolute atomic E-state index is 13.6. The molecule has 10 heteroatoms. The zero-order chi connectivity index (χ0) is 24.4. The average molecular weight is 538 g/mol. The van der Waals surface area contributed by atoms with Crippen molar-refractivity contribution in [2.24, 2.45) is 4.99 Å². The lowest BCUT2D eigenvalue weighted by atomic mass is 9.96. The molecule has 1 atom stereocenters. The summed E-state index contributed by atoms with van der Waals surface area (Å²) in [6, 6.07) is 11.4. The van der Waals surface area contributed by atoms with E-state index in [4.69, 9.17) is 44.3 Å². The van der Waals surface area contributed by atoms with E-state index in [0.717, 1.165) is 0 Å². The van der Waals surface area contributed by atoms with Crippen molar-refractivity contribution in [3.63, 3.8) is 0 Å². The van der Waals surface area contributed by atoms with Gasteiger partial charge in [0.05, 0.1) is 32.5 Å². The first-order valence-corrected chi connectivity index (χ1v) is 12.1. The zero-order valence-corrected chi connectivity index (χ0v) is 21.3. The molecule has 34 heavy (non-hydrogen) atoms. The van der Waals surface area contributed by atoms with Crippen LogP contribution >= 0.6 is 46.1 Å². The summed E-state index contributed by atoms with van der Waals surface area (Å²) in [4.78, 5) is 31.7. The fourth-order valence-electron chi connectivity index (χ4n) is 3.62. The minimum atomic E-state index is -0.795. The lowest BCUT2D eigenvalue weighted by Gasteiger charge is -2.25. The number of fused-ring (bicyclic) bond motifs is 1. The molecule has 0 aliphatic carbocycles. The van der Waals surface area contributed by atoms with Crippen molar-refractivity contribution >= 4 is 58.2 Å². The topological polar surface area (TPSA) is 69.9 Å². The smallest absolute Gasteiger partial charge is 0.338 e. The summed E-state index contributed by atoms with van der Waals surface area (Å²) in [5.41, 5.74) is 1.70. The number of aromatic nitrogens is 1. The summed E-state index contributed by atoms with van der Waals surface area (Å²) in [6.45, 7) is 2.04. The summed E-state index contributed by atoms with van der Waals surface area (Å²) in [7, 11) is 1.52. The molecule has 0 radical (unpaired) electrons. The minimum Gasteiger partial charge on any atom is -0.460 e. The summed E-state index contributed by atoms with van der Waals surface area (Å²) >= 11 is 19.9. The van der Waals surface area contributed by atoms with E-state index >= 15 is 0 Å². The second-order valence-electron chi connectivity index (χ2n) is 7.41. The molecule has 0 fully saturated rings. The fraction of sp³-hybridized carbons (Fsp3) is 0.208. The van der Waals surface area contributed by atoms with Crippen molar-refractivity contribution in [2.45, 2.75) is 13.0 Å². The highest BCUT2D eigenvalue weighted by molar-refractivity contribution is 7.07. The van der Waals surface area contributed by atoms with Gasteiger partial charge < -0.3 is 9.47 Å². The number of benzene rings is 2. The maximum Gasteiger partial charge on any atom is 0.338 e. The van der Waals surface area contributed by atoms with E-state index in [1.165, 1.54) is 23.0 Å². The third-order valence-electron chi connectivity index (χ3n) is 5.20. The van der Waals surface area contributed by atoms with E-state index in [2.05, 4.69) is 4.99 Å². The van der Waals surface area contributed by atoms with E-state index in [9.17, 15) is 9.59 Å². The lowest BCUT2D eigenvalue weighted by molar-refractivity contribution is -0.140. The largest absolute Gasteiger partial charge is 0.460 e. The number of rotatable bonds is 6. The van der Waals surface area contributed by atoms with Gasteiger partial charge in [0.15, 0.2) is 4.80 Å². The normalized spacial score (nSPS) is 15.8.